The molecule has 6 N–H and O–H groups in total. The van der Waals surface area contributed by atoms with Crippen molar-refractivity contribution in [3.63, 3.8) is 0 Å². The van der Waals surface area contributed by atoms with E-state index in [1.807, 2.05) is 0 Å². The zero-order chi connectivity index (χ0) is 29.9. The number of nitrogens with zero attached hydrogens (tertiary/aromatic N) is 3. The zero-order valence-electron chi connectivity index (χ0n) is 23.3. The highest BCUT2D eigenvalue weighted by Crippen LogP contribution is 2.41. The first-order valence-corrected chi connectivity index (χ1v) is 13.8. The highest BCUT2D eigenvalue weighted by atomic mass is 31.2. The van der Waals surface area contributed by atoms with Crippen molar-refractivity contribution in [3.05, 3.63) is 12.2 Å². The second-order valence-corrected chi connectivity index (χ2v) is 13.0. The van der Waals surface area contributed by atoms with Gasteiger partial charge in [-0.15, -0.1) is 5.10 Å². The molecule has 222 valence electrons. The first-order chi connectivity index (χ1) is 17.7. The van der Waals surface area contributed by atoms with Gasteiger partial charge < -0.3 is 34.7 Å². The lowest BCUT2D eigenvalue weighted by atomic mass is 10.1. The van der Waals surface area contributed by atoms with E-state index < -0.39 is 79.9 Å². The quantitative estimate of drug-likeness (QED) is 0.169. The average molecular weight is 579 g/mol. The van der Waals surface area contributed by atoms with Crippen LogP contribution in [0.1, 0.15) is 72.2 Å². The predicted octanol–water partition coefficient (Wildman–Crippen LogP) is -0.239. The number of nitrogens with two attached hydrogens (primary N) is 1. The van der Waals surface area contributed by atoms with Crippen LogP contribution in [0.25, 0.3) is 0 Å². The van der Waals surface area contributed by atoms with E-state index in [2.05, 4.69) is 20.3 Å². The summed E-state index contributed by atoms with van der Waals surface area (Å²) in [5.74, 6) is -2.70. The molecule has 0 aliphatic carbocycles. The number of carbonyl (C=O) groups excluding carboxylic acids is 3. The Labute approximate surface area is 226 Å². The van der Waals surface area contributed by atoms with Crippen molar-refractivity contribution < 1.29 is 47.9 Å². The van der Waals surface area contributed by atoms with E-state index in [1.54, 1.807) is 41.5 Å². The Kier molecular flexibility index (Phi) is 10.4. The maximum atomic E-state index is 13.8. The molecule has 16 nitrogen and oxygen atoms in total. The fraction of sp³-hybridized carbons (Fsp3) is 0.773. The van der Waals surface area contributed by atoms with E-state index in [-0.39, 0.29) is 5.82 Å². The third-order valence-electron chi connectivity index (χ3n) is 5.00. The SMILES string of the molecule is C[C@H](NP(=O)(N[C@@H](C)C(=O)OC(C)(C)C)OC[C@H]1O[C@@H](n2cnc(C(N)=O)n2)[C@H](O)[C@@H]1O)C(=O)OC(C)(C)C. The fourth-order valence-electron chi connectivity index (χ4n) is 3.28. The summed E-state index contributed by atoms with van der Waals surface area (Å²) in [5.41, 5.74) is 3.50. The van der Waals surface area contributed by atoms with E-state index in [4.69, 9.17) is 24.5 Å². The summed E-state index contributed by atoms with van der Waals surface area (Å²) in [6, 6.07) is -2.30. The van der Waals surface area contributed by atoms with Crippen LogP contribution in [0.15, 0.2) is 6.33 Å². The first kappa shape index (κ1) is 32.8. The number of aliphatic hydroxyl groups excluding tert-OH is 2. The largest absolute Gasteiger partial charge is 0.459 e. The highest BCUT2D eigenvalue weighted by molar-refractivity contribution is 7.54. The Morgan fingerprint density at radius 2 is 1.54 bits per heavy atom. The third kappa shape index (κ3) is 9.60. The number of ether oxygens (including phenoxy) is 3. The minimum absolute atomic E-state index is 0.329. The van der Waals surface area contributed by atoms with Gasteiger partial charge in [-0.2, -0.15) is 0 Å². The number of aliphatic hydroxyl groups is 2. The van der Waals surface area contributed by atoms with Crippen molar-refractivity contribution in [3.8, 4) is 0 Å². The Bertz CT molecular complexity index is 1040. The number of carbonyl (C=O) groups is 3. The Hall–Kier alpha value is -2.46. The topological polar surface area (TPSA) is 226 Å². The highest BCUT2D eigenvalue weighted by Gasteiger charge is 2.46. The number of primary amides is 1. The van der Waals surface area contributed by atoms with Crippen LogP contribution in [-0.2, 0) is 32.9 Å². The van der Waals surface area contributed by atoms with Crippen molar-refractivity contribution in [2.45, 2.75) is 103 Å². The van der Waals surface area contributed by atoms with Crippen molar-refractivity contribution in [2.24, 2.45) is 5.73 Å². The monoisotopic (exact) mass is 578 g/mol. The normalized spacial score (nSPS) is 23.7. The summed E-state index contributed by atoms with van der Waals surface area (Å²) >= 11 is 0. The molecule has 2 rings (SSSR count). The Morgan fingerprint density at radius 1 is 1.05 bits per heavy atom. The Morgan fingerprint density at radius 3 is 1.95 bits per heavy atom. The second kappa shape index (κ2) is 12.4. The molecule has 0 saturated carbocycles. The van der Waals surface area contributed by atoms with Gasteiger partial charge in [-0.25, -0.2) is 19.8 Å². The van der Waals surface area contributed by atoms with Crippen LogP contribution in [0, 0.1) is 0 Å². The summed E-state index contributed by atoms with van der Waals surface area (Å²) < 4.78 is 36.6. The van der Waals surface area contributed by atoms with E-state index >= 15 is 0 Å². The standard InChI is InChI=1S/C22H39N6O10P/c1-11(19(32)37-21(3,4)5)26-39(34,27-12(2)20(33)38-22(6,7)8)35-9-13-14(29)15(30)18(36-13)28-10-24-17(25-28)16(23)31/h10-15,18,29-30H,9H2,1-8H3,(H2,23,31)(H2,26,27,34)/t11-,12-,13+,14+,15+,18+/m0/s1. The lowest BCUT2D eigenvalue weighted by Crippen LogP contribution is -2.45. The maximum absolute atomic E-state index is 13.8. The summed E-state index contributed by atoms with van der Waals surface area (Å²) in [7, 11) is -4.24. The van der Waals surface area contributed by atoms with Crippen LogP contribution in [0.2, 0.25) is 0 Å². The van der Waals surface area contributed by atoms with E-state index in [0.717, 1.165) is 11.0 Å². The van der Waals surface area contributed by atoms with E-state index in [0.29, 0.717) is 0 Å². The van der Waals surface area contributed by atoms with Gasteiger partial charge in [0.1, 0.15) is 47.9 Å². The van der Waals surface area contributed by atoms with E-state index in [1.165, 1.54) is 13.8 Å². The lowest BCUT2D eigenvalue weighted by Gasteiger charge is -2.29. The van der Waals surface area contributed by atoms with Crippen LogP contribution < -0.4 is 15.9 Å². The summed E-state index contributed by atoms with van der Waals surface area (Å²) in [6.45, 7) is 12.2. The van der Waals surface area contributed by atoms with Gasteiger partial charge in [0, 0.05) is 0 Å². The molecule has 1 amide bonds. The molecule has 0 radical (unpaired) electrons. The Balaban J connectivity index is 2.19. The van der Waals surface area contributed by atoms with Gasteiger partial charge in [0.15, 0.2) is 6.23 Å². The molecule has 2 heterocycles. The average Bonchev–Trinajstić information content (AvgIpc) is 3.36. The lowest BCUT2D eigenvalue weighted by molar-refractivity contribution is -0.157. The molecule has 1 aliphatic heterocycles. The van der Waals surface area contributed by atoms with Crippen LogP contribution in [-0.4, -0.2) is 91.0 Å². The summed E-state index contributed by atoms with van der Waals surface area (Å²) in [4.78, 5) is 40.0. The van der Waals surface area contributed by atoms with Crippen LogP contribution in [0.4, 0.5) is 0 Å². The maximum Gasteiger partial charge on any atom is 0.342 e. The number of amides is 1. The number of esters is 2. The smallest absolute Gasteiger partial charge is 0.342 e. The first-order valence-electron chi connectivity index (χ1n) is 12.2. The molecule has 1 aromatic rings. The van der Waals surface area contributed by atoms with Gasteiger partial charge >= 0.3 is 19.6 Å². The molecule has 1 saturated heterocycles. The third-order valence-corrected chi connectivity index (χ3v) is 6.96. The molecular weight excluding hydrogens is 539 g/mol. The van der Waals surface area contributed by atoms with Gasteiger partial charge in [0.25, 0.3) is 5.91 Å². The number of hydrogen-bond acceptors (Lipinski definition) is 12. The minimum atomic E-state index is -4.24. The molecule has 1 aromatic heterocycles. The molecule has 0 aromatic carbocycles. The molecule has 1 fully saturated rings. The zero-order valence-corrected chi connectivity index (χ0v) is 24.2. The predicted molar refractivity (Wildman–Crippen MR) is 135 cm³/mol. The van der Waals surface area contributed by atoms with Crippen LogP contribution in [0.3, 0.4) is 0 Å². The van der Waals surface area contributed by atoms with Crippen molar-refractivity contribution in [1.29, 1.82) is 0 Å². The minimum Gasteiger partial charge on any atom is -0.459 e. The number of rotatable bonds is 11. The number of aromatic nitrogens is 3. The molecule has 0 spiro atoms. The van der Waals surface area contributed by atoms with Gasteiger partial charge in [0.05, 0.1) is 6.61 Å². The van der Waals surface area contributed by atoms with E-state index in [9.17, 15) is 29.2 Å². The molecule has 0 unspecified atom stereocenters. The van der Waals surface area contributed by atoms with Crippen LogP contribution in [0.5, 0.6) is 0 Å². The second-order valence-electron chi connectivity index (χ2n) is 11.1. The molecular formula is C22H39N6O10P. The van der Waals surface area contributed by atoms with Gasteiger partial charge in [-0.3, -0.25) is 18.9 Å². The molecule has 1 aliphatic rings. The van der Waals surface area contributed by atoms with Gasteiger partial charge in [0.2, 0.25) is 5.82 Å². The molecule has 39 heavy (non-hydrogen) atoms. The number of hydrogen-bond donors (Lipinski definition) is 5. The molecule has 0 bridgehead atoms. The van der Waals surface area contributed by atoms with Gasteiger partial charge in [-0.1, -0.05) is 0 Å². The van der Waals surface area contributed by atoms with Crippen molar-refractivity contribution in [1.82, 2.24) is 24.9 Å². The summed E-state index contributed by atoms with van der Waals surface area (Å²) in [6.07, 6.45) is -4.48. The fourth-order valence-corrected chi connectivity index (χ4v) is 5.09. The molecule has 6 atom stereocenters. The van der Waals surface area contributed by atoms with Crippen LogP contribution >= 0.6 is 7.67 Å². The number of nitrogens with one attached hydrogen (secondary N) is 2. The van der Waals surface area contributed by atoms with Crippen molar-refractivity contribution in [2.75, 3.05) is 6.61 Å². The molecule has 17 heteroatoms. The van der Waals surface area contributed by atoms with Crippen molar-refractivity contribution >= 4 is 25.5 Å². The van der Waals surface area contributed by atoms with Gasteiger partial charge in [-0.05, 0) is 55.4 Å². The summed E-state index contributed by atoms with van der Waals surface area (Å²) in [5, 5.41) is 29.8.